The SMILES string of the molecule is CCC=C(O)C(O)(OC(=O)CCCCCCCC)OC(=O)CCCCCCCC. The van der Waals surface area contributed by atoms with Gasteiger partial charge in [0.2, 0.25) is 5.76 Å². The van der Waals surface area contributed by atoms with E-state index in [4.69, 9.17) is 9.47 Å². The van der Waals surface area contributed by atoms with Gasteiger partial charge in [-0.15, -0.1) is 0 Å². The number of carbonyl (C=O) groups excluding carboxylic acids is 2. The zero-order valence-corrected chi connectivity index (χ0v) is 18.7. The van der Waals surface area contributed by atoms with Crippen molar-refractivity contribution in [3.63, 3.8) is 0 Å². The molecular formula is C23H42O6. The summed E-state index contributed by atoms with van der Waals surface area (Å²) in [5.41, 5.74) is 0. The number of aliphatic hydroxyl groups excluding tert-OH is 1. The summed E-state index contributed by atoms with van der Waals surface area (Å²) in [6, 6.07) is 0. The number of aliphatic hydroxyl groups is 2. The first kappa shape index (κ1) is 27.4. The summed E-state index contributed by atoms with van der Waals surface area (Å²) in [6.45, 7) is 6.03. The van der Waals surface area contributed by atoms with Crippen LogP contribution >= 0.6 is 0 Å². The van der Waals surface area contributed by atoms with Crippen LogP contribution in [0.5, 0.6) is 0 Å². The van der Waals surface area contributed by atoms with Gasteiger partial charge in [-0.25, -0.2) is 0 Å². The van der Waals surface area contributed by atoms with Crippen LogP contribution in [-0.4, -0.2) is 28.1 Å². The van der Waals surface area contributed by atoms with Crippen molar-refractivity contribution in [2.75, 3.05) is 0 Å². The Morgan fingerprint density at radius 1 is 0.724 bits per heavy atom. The lowest BCUT2D eigenvalue weighted by molar-refractivity contribution is -0.315. The molecule has 29 heavy (non-hydrogen) atoms. The maximum atomic E-state index is 12.1. The number of esters is 2. The van der Waals surface area contributed by atoms with Gasteiger partial charge in [-0.3, -0.25) is 9.59 Å². The molecule has 0 aliphatic heterocycles. The minimum atomic E-state index is -2.74. The largest absolute Gasteiger partial charge is 0.503 e. The Morgan fingerprint density at radius 2 is 1.10 bits per heavy atom. The fourth-order valence-electron chi connectivity index (χ4n) is 2.96. The first-order valence-corrected chi connectivity index (χ1v) is 11.4. The van der Waals surface area contributed by atoms with E-state index < -0.39 is 23.7 Å². The molecule has 0 aromatic carbocycles. The van der Waals surface area contributed by atoms with Crippen molar-refractivity contribution in [2.45, 2.75) is 123 Å². The molecule has 2 N–H and O–H groups in total. The molecule has 0 saturated heterocycles. The van der Waals surface area contributed by atoms with Crippen LogP contribution in [0, 0.1) is 0 Å². The molecule has 170 valence electrons. The van der Waals surface area contributed by atoms with E-state index in [0.29, 0.717) is 19.3 Å². The maximum Gasteiger partial charge on any atom is 0.436 e. The van der Waals surface area contributed by atoms with Crippen LogP contribution < -0.4 is 0 Å². The molecule has 0 heterocycles. The normalized spacial score (nSPS) is 12.1. The van der Waals surface area contributed by atoms with Gasteiger partial charge in [0.05, 0.1) is 0 Å². The predicted molar refractivity (Wildman–Crippen MR) is 114 cm³/mol. The van der Waals surface area contributed by atoms with Gasteiger partial charge < -0.3 is 19.7 Å². The monoisotopic (exact) mass is 414 g/mol. The van der Waals surface area contributed by atoms with Gasteiger partial charge in [-0.1, -0.05) is 85.0 Å². The second-order valence-corrected chi connectivity index (χ2v) is 7.56. The zero-order chi connectivity index (χ0) is 22.0. The molecule has 0 atom stereocenters. The molecule has 0 saturated carbocycles. The van der Waals surface area contributed by atoms with Gasteiger partial charge in [0.15, 0.2) is 0 Å². The predicted octanol–water partition coefficient (Wildman–Crippen LogP) is 6.07. The molecule has 0 amide bonds. The van der Waals surface area contributed by atoms with Crippen LogP contribution in [0.1, 0.15) is 117 Å². The second kappa shape index (κ2) is 17.3. The van der Waals surface area contributed by atoms with Gasteiger partial charge in [0.25, 0.3) is 0 Å². The lowest BCUT2D eigenvalue weighted by Gasteiger charge is -2.26. The second-order valence-electron chi connectivity index (χ2n) is 7.56. The first-order chi connectivity index (χ1) is 13.9. The number of hydrogen-bond acceptors (Lipinski definition) is 6. The summed E-state index contributed by atoms with van der Waals surface area (Å²) >= 11 is 0. The molecule has 0 unspecified atom stereocenters. The standard InChI is InChI=1S/C23H42O6/c1-4-7-9-11-13-15-18-21(25)28-23(27,20(24)17-6-3)29-22(26)19-16-14-12-10-8-5-2/h17,24,27H,4-16,18-19H2,1-3H3. The summed E-state index contributed by atoms with van der Waals surface area (Å²) < 4.78 is 9.93. The van der Waals surface area contributed by atoms with E-state index in [0.717, 1.165) is 51.4 Å². The quantitative estimate of drug-likeness (QED) is 0.122. The highest BCUT2D eigenvalue weighted by Crippen LogP contribution is 2.22. The zero-order valence-electron chi connectivity index (χ0n) is 18.7. The smallest absolute Gasteiger partial charge is 0.436 e. The molecule has 0 aromatic heterocycles. The third-order valence-electron chi connectivity index (χ3n) is 4.69. The Balaban J connectivity index is 4.51. The average molecular weight is 415 g/mol. The van der Waals surface area contributed by atoms with E-state index in [1.165, 1.54) is 18.9 Å². The highest BCUT2D eigenvalue weighted by molar-refractivity contribution is 5.72. The highest BCUT2D eigenvalue weighted by atomic mass is 16.8. The molecule has 6 heteroatoms. The van der Waals surface area contributed by atoms with Crippen LogP contribution in [0.4, 0.5) is 0 Å². The molecule has 0 bridgehead atoms. The van der Waals surface area contributed by atoms with Crippen molar-refractivity contribution >= 4 is 11.9 Å². The van der Waals surface area contributed by atoms with Crippen molar-refractivity contribution < 1.29 is 29.3 Å². The summed E-state index contributed by atoms with van der Waals surface area (Å²) in [7, 11) is 0. The van der Waals surface area contributed by atoms with Crippen molar-refractivity contribution in [1.82, 2.24) is 0 Å². The Hall–Kier alpha value is -1.56. The molecular weight excluding hydrogens is 372 g/mol. The van der Waals surface area contributed by atoms with Gasteiger partial charge in [-0.05, 0) is 25.3 Å². The van der Waals surface area contributed by atoms with Gasteiger partial charge in [0.1, 0.15) is 0 Å². The molecule has 0 spiro atoms. The van der Waals surface area contributed by atoms with Gasteiger partial charge in [0, 0.05) is 12.8 Å². The van der Waals surface area contributed by atoms with E-state index in [9.17, 15) is 19.8 Å². The third-order valence-corrected chi connectivity index (χ3v) is 4.69. The first-order valence-electron chi connectivity index (χ1n) is 11.4. The molecule has 0 aliphatic rings. The molecule has 0 fully saturated rings. The van der Waals surface area contributed by atoms with E-state index in [1.807, 2.05) is 0 Å². The number of rotatable bonds is 18. The van der Waals surface area contributed by atoms with Crippen LogP contribution in [0.2, 0.25) is 0 Å². The van der Waals surface area contributed by atoms with E-state index >= 15 is 0 Å². The molecule has 0 aliphatic carbocycles. The van der Waals surface area contributed by atoms with Crippen LogP contribution in [0.3, 0.4) is 0 Å². The number of unbranched alkanes of at least 4 members (excludes halogenated alkanes) is 10. The molecule has 0 rings (SSSR count). The number of carbonyl (C=O) groups is 2. The Bertz CT molecular complexity index is 442. The van der Waals surface area contributed by atoms with Crippen LogP contribution in [0.25, 0.3) is 0 Å². The average Bonchev–Trinajstić information content (AvgIpc) is 2.67. The molecule has 0 radical (unpaired) electrons. The Kier molecular flexibility index (Phi) is 16.4. The molecule has 0 aromatic rings. The van der Waals surface area contributed by atoms with Gasteiger partial charge in [-0.2, -0.15) is 0 Å². The van der Waals surface area contributed by atoms with Crippen molar-refractivity contribution in [1.29, 1.82) is 0 Å². The van der Waals surface area contributed by atoms with Crippen LogP contribution in [0.15, 0.2) is 11.8 Å². The number of hydrogen-bond donors (Lipinski definition) is 2. The number of allylic oxidation sites excluding steroid dienone is 1. The summed E-state index contributed by atoms with van der Waals surface area (Å²) in [5, 5.41) is 20.6. The molecule has 6 nitrogen and oxygen atoms in total. The minimum Gasteiger partial charge on any atom is -0.503 e. The van der Waals surface area contributed by atoms with Crippen molar-refractivity contribution in [3.8, 4) is 0 Å². The Morgan fingerprint density at radius 3 is 1.48 bits per heavy atom. The van der Waals surface area contributed by atoms with Crippen molar-refractivity contribution in [2.24, 2.45) is 0 Å². The maximum absolute atomic E-state index is 12.1. The van der Waals surface area contributed by atoms with E-state index in [-0.39, 0.29) is 12.8 Å². The van der Waals surface area contributed by atoms with E-state index in [1.54, 1.807) is 6.92 Å². The van der Waals surface area contributed by atoms with E-state index in [2.05, 4.69) is 13.8 Å². The van der Waals surface area contributed by atoms with Crippen molar-refractivity contribution in [3.05, 3.63) is 11.8 Å². The van der Waals surface area contributed by atoms with Crippen LogP contribution in [-0.2, 0) is 19.1 Å². The summed E-state index contributed by atoms with van der Waals surface area (Å²) in [4.78, 5) is 24.2. The summed E-state index contributed by atoms with van der Waals surface area (Å²) in [5.74, 6) is -4.82. The fraction of sp³-hybridized carbons (Fsp3) is 0.826. The number of ether oxygens (including phenoxy) is 2. The fourth-order valence-corrected chi connectivity index (χ4v) is 2.96. The third kappa shape index (κ3) is 14.1. The Labute approximate surface area is 176 Å². The topological polar surface area (TPSA) is 93.1 Å². The van der Waals surface area contributed by atoms with Gasteiger partial charge >= 0.3 is 17.9 Å². The lowest BCUT2D eigenvalue weighted by Crippen LogP contribution is -2.42. The lowest BCUT2D eigenvalue weighted by atomic mass is 10.1. The highest BCUT2D eigenvalue weighted by Gasteiger charge is 2.41. The minimum absolute atomic E-state index is 0.100. The summed E-state index contributed by atoms with van der Waals surface area (Å²) in [6.07, 6.45) is 13.9.